The van der Waals surface area contributed by atoms with Crippen LogP contribution in [0.3, 0.4) is 0 Å². The number of unbranched alkanes of at least 4 members (excludes halogenated alkanes) is 15. The summed E-state index contributed by atoms with van der Waals surface area (Å²) in [5, 5.41) is 48.4. The van der Waals surface area contributed by atoms with E-state index < -0.39 is 24.1 Å². The Balaban J connectivity index is 0.000000270. The molecule has 0 bridgehead atoms. The molecule has 0 heterocycles. The number of aliphatic hydroxyl groups is 3. The third-order valence-electron chi connectivity index (χ3n) is 18.4. The van der Waals surface area contributed by atoms with Gasteiger partial charge in [-0.1, -0.05) is 209 Å². The van der Waals surface area contributed by atoms with Gasteiger partial charge in [-0.3, -0.25) is 24.0 Å². The number of aliphatic hydroxyl groups excluding tert-OH is 3. The number of carboxylic acids is 2. The maximum Gasteiger partial charge on any atom is 0.303 e. The minimum Gasteiger partial charge on any atom is -0.481 e. The quantitative estimate of drug-likeness (QED) is 0.0340. The number of rotatable bonds is 39. The molecule has 3 fully saturated rings. The summed E-state index contributed by atoms with van der Waals surface area (Å²) in [5.41, 5.74) is 6.61. The first-order valence-corrected chi connectivity index (χ1v) is 33.4. The van der Waals surface area contributed by atoms with E-state index in [0.717, 1.165) is 203 Å². The van der Waals surface area contributed by atoms with E-state index >= 15 is 0 Å². The van der Waals surface area contributed by atoms with Crippen molar-refractivity contribution in [2.45, 2.75) is 295 Å². The molecule has 11 heteroatoms. The molecule has 3 saturated carbocycles. The molecule has 3 aromatic carbocycles. The van der Waals surface area contributed by atoms with Crippen LogP contribution >= 0.6 is 0 Å². The Bertz CT molecular complexity index is 2080. The first kappa shape index (κ1) is 71.6. The molecule has 11 nitrogen and oxygen atoms in total. The lowest BCUT2D eigenvalue weighted by Crippen LogP contribution is -2.13. The van der Waals surface area contributed by atoms with Crippen LogP contribution in [0, 0.1) is 17.8 Å². The second-order valence-corrected chi connectivity index (χ2v) is 25.0. The van der Waals surface area contributed by atoms with E-state index in [4.69, 9.17) is 10.2 Å². The van der Waals surface area contributed by atoms with Gasteiger partial charge >= 0.3 is 11.9 Å². The van der Waals surface area contributed by atoms with Crippen LogP contribution in [0.25, 0.3) is 0 Å². The summed E-state index contributed by atoms with van der Waals surface area (Å²) in [4.78, 5) is 69.3. The highest BCUT2D eigenvalue weighted by molar-refractivity contribution is 5.85. The molecule has 0 radical (unpaired) electrons. The van der Waals surface area contributed by atoms with Crippen LogP contribution in [-0.4, -0.2) is 60.6 Å². The van der Waals surface area contributed by atoms with Gasteiger partial charge in [-0.25, -0.2) is 0 Å². The Labute approximate surface area is 506 Å². The van der Waals surface area contributed by atoms with E-state index in [-0.39, 0.29) is 54.3 Å². The number of Topliss-reactive ketones (excluding diaryl/α,β-unsaturated/α-hetero) is 4. The predicted octanol–water partition coefficient (Wildman–Crippen LogP) is 17.9. The molecule has 6 rings (SSSR count). The molecule has 3 aromatic rings. The number of ketones is 4. The second kappa shape index (κ2) is 41.3. The molecule has 5 N–H and O–H groups in total. The smallest absolute Gasteiger partial charge is 0.303 e. The van der Waals surface area contributed by atoms with Gasteiger partial charge in [-0.2, -0.15) is 0 Å². The first-order chi connectivity index (χ1) is 40.6. The third-order valence-corrected chi connectivity index (χ3v) is 18.4. The van der Waals surface area contributed by atoms with Crippen molar-refractivity contribution in [3.05, 3.63) is 106 Å². The van der Waals surface area contributed by atoms with Crippen LogP contribution in [-0.2, 0) is 28.8 Å². The van der Waals surface area contributed by atoms with Crippen molar-refractivity contribution in [1.29, 1.82) is 0 Å². The molecule has 0 spiro atoms. The van der Waals surface area contributed by atoms with E-state index in [1.54, 1.807) is 6.92 Å². The zero-order valence-electron chi connectivity index (χ0n) is 52.3. The van der Waals surface area contributed by atoms with Crippen LogP contribution in [0.4, 0.5) is 0 Å². The zero-order chi connectivity index (χ0) is 61.1. The minimum absolute atomic E-state index is 0.0970. The molecule has 468 valence electrons. The molecule has 0 aliphatic heterocycles. The van der Waals surface area contributed by atoms with Gasteiger partial charge in [0.25, 0.3) is 0 Å². The Kier molecular flexibility index (Phi) is 35.2. The van der Waals surface area contributed by atoms with Crippen molar-refractivity contribution in [3.8, 4) is 0 Å². The SMILES string of the molecule is CCCCC[C@@H](O)c1ccc([C@@H]2CCC(=O)[C@H]2CCCCCCC(=O)O)cc1.CCCCC[C@@H](O)c1ccc([C@H]2CCC(=O)[C@@H]2CCCCCCC(C)=O)cc1.CCCCC[C@H](O)c1ccc([C@@H]2CCC(=O)[C@H]2CCCCCCC(=O)O)cc1. The molecule has 0 aromatic heterocycles. The Morgan fingerprint density at radius 3 is 0.893 bits per heavy atom. The summed E-state index contributed by atoms with van der Waals surface area (Å²) in [6.07, 6.45) is 31.5. The molecule has 0 saturated heterocycles. The fourth-order valence-corrected chi connectivity index (χ4v) is 13.2. The number of benzene rings is 3. The van der Waals surface area contributed by atoms with Crippen LogP contribution < -0.4 is 0 Å². The minimum atomic E-state index is -0.732. The molecule has 3 aliphatic carbocycles. The maximum absolute atomic E-state index is 12.4. The Morgan fingerprint density at radius 1 is 0.381 bits per heavy atom. The molecule has 84 heavy (non-hydrogen) atoms. The number of carboxylic acid groups (broad SMARTS) is 2. The Hall–Kier alpha value is -4.84. The fraction of sp³-hybridized carbons (Fsp3) is 0.671. The van der Waals surface area contributed by atoms with Crippen molar-refractivity contribution in [1.82, 2.24) is 0 Å². The summed E-state index contributed by atoms with van der Waals surface area (Å²) < 4.78 is 0. The molecule has 0 unspecified atom stereocenters. The van der Waals surface area contributed by atoms with E-state index in [0.29, 0.717) is 49.0 Å². The van der Waals surface area contributed by atoms with E-state index in [1.165, 1.54) is 23.1 Å². The van der Waals surface area contributed by atoms with Gasteiger partial charge in [-0.05, 0) is 135 Å². The van der Waals surface area contributed by atoms with Crippen LogP contribution in [0.2, 0.25) is 0 Å². The molecule has 3 aliphatic rings. The van der Waals surface area contributed by atoms with Crippen molar-refractivity contribution in [2.24, 2.45) is 17.8 Å². The lowest BCUT2D eigenvalue weighted by Gasteiger charge is -2.20. The average molecular weight is 1160 g/mol. The van der Waals surface area contributed by atoms with Gasteiger partial charge in [-0.15, -0.1) is 0 Å². The highest BCUT2D eigenvalue weighted by Crippen LogP contribution is 2.43. The normalized spacial score (nSPS) is 20.4. The summed E-state index contributed by atoms with van der Waals surface area (Å²) in [5.74, 6) is 1.22. The van der Waals surface area contributed by atoms with E-state index in [1.807, 2.05) is 36.4 Å². The number of hydrogen-bond donors (Lipinski definition) is 5. The topological polar surface area (TPSA) is 204 Å². The van der Waals surface area contributed by atoms with Gasteiger partial charge in [0.15, 0.2) is 0 Å². The highest BCUT2D eigenvalue weighted by atomic mass is 16.4. The number of carbonyl (C=O) groups is 6. The van der Waals surface area contributed by atoms with Crippen molar-refractivity contribution < 1.29 is 54.3 Å². The van der Waals surface area contributed by atoms with Crippen LogP contribution in [0.1, 0.15) is 328 Å². The Morgan fingerprint density at radius 2 is 0.643 bits per heavy atom. The monoisotopic (exact) mass is 1160 g/mol. The van der Waals surface area contributed by atoms with Crippen molar-refractivity contribution in [3.63, 3.8) is 0 Å². The van der Waals surface area contributed by atoms with Gasteiger partial charge in [0, 0.05) is 56.3 Å². The van der Waals surface area contributed by atoms with Gasteiger partial charge in [0.1, 0.15) is 23.1 Å². The second-order valence-electron chi connectivity index (χ2n) is 25.0. The molecule has 0 amide bonds. The number of hydrogen-bond acceptors (Lipinski definition) is 9. The summed E-state index contributed by atoms with van der Waals surface area (Å²) in [6.45, 7) is 8.15. The highest BCUT2D eigenvalue weighted by Gasteiger charge is 2.37. The molecular weight excluding hydrogens is 1050 g/mol. The summed E-state index contributed by atoms with van der Waals surface area (Å²) in [6, 6.07) is 24.8. The van der Waals surface area contributed by atoms with Crippen molar-refractivity contribution in [2.75, 3.05) is 0 Å². The van der Waals surface area contributed by atoms with E-state index in [2.05, 4.69) is 57.2 Å². The largest absolute Gasteiger partial charge is 0.481 e. The first-order valence-electron chi connectivity index (χ1n) is 33.4. The van der Waals surface area contributed by atoms with E-state index in [9.17, 15) is 44.1 Å². The molecular formula is C73H110O11. The predicted molar refractivity (Wildman–Crippen MR) is 337 cm³/mol. The fourth-order valence-electron chi connectivity index (χ4n) is 13.2. The standard InChI is InChI=1S/C25H38O3.2C24H36O4/c1-3-4-7-12-24(27)21-15-13-20(14-16-21)22-17-18-25(28)23(22)11-9-6-5-8-10-19(2)26;2*1-2-3-6-10-22(25)19-14-12-18(13-15-19)20-16-17-23(26)21(20)9-7-4-5-8-11-24(27)28/h13-16,22-24,27H,3-12,17-18H2,1-2H3;2*12-15,20-22,25H,2-11,16-17H2,1H3,(H,27,28)/t22-,23-,24-;20-,21-,22+;20-,21-,22-/m100/s1. The van der Waals surface area contributed by atoms with Crippen LogP contribution in [0.5, 0.6) is 0 Å². The molecule has 9 atom stereocenters. The zero-order valence-corrected chi connectivity index (χ0v) is 52.3. The summed E-state index contributed by atoms with van der Waals surface area (Å²) >= 11 is 0. The van der Waals surface area contributed by atoms with Gasteiger partial charge in [0.2, 0.25) is 0 Å². The number of carbonyl (C=O) groups excluding carboxylic acids is 4. The maximum atomic E-state index is 12.4. The third kappa shape index (κ3) is 26.4. The number of aliphatic carboxylic acids is 2. The average Bonchev–Trinajstić information content (AvgIpc) is 4.38. The van der Waals surface area contributed by atoms with Crippen LogP contribution in [0.15, 0.2) is 72.8 Å². The van der Waals surface area contributed by atoms with Crippen molar-refractivity contribution >= 4 is 35.1 Å². The van der Waals surface area contributed by atoms with Gasteiger partial charge < -0.3 is 30.3 Å². The van der Waals surface area contributed by atoms with Gasteiger partial charge in [0.05, 0.1) is 18.3 Å². The lowest BCUT2D eigenvalue weighted by molar-refractivity contribution is -0.138. The lowest BCUT2D eigenvalue weighted by atomic mass is 9.84. The summed E-state index contributed by atoms with van der Waals surface area (Å²) in [7, 11) is 0.